The average Bonchev–Trinajstić information content (AvgIpc) is 3.43. The van der Waals surface area contributed by atoms with Crippen molar-refractivity contribution < 1.29 is 0 Å². The summed E-state index contributed by atoms with van der Waals surface area (Å²) in [5.41, 5.74) is 11.2. The summed E-state index contributed by atoms with van der Waals surface area (Å²) in [4.78, 5) is 7.43. The van der Waals surface area contributed by atoms with Crippen molar-refractivity contribution in [2.45, 2.75) is 0 Å². The molecular formula is C41H27N3. The Hall–Kier alpha value is -5.93. The lowest BCUT2D eigenvalue weighted by atomic mass is 9.94. The maximum Gasteiger partial charge on any atom is 0.0730 e. The first-order valence-corrected chi connectivity index (χ1v) is 15.0. The zero-order valence-electron chi connectivity index (χ0n) is 23.9. The fourth-order valence-corrected chi connectivity index (χ4v) is 6.77. The molecule has 0 saturated carbocycles. The predicted molar refractivity (Wildman–Crippen MR) is 185 cm³/mol. The quantitative estimate of drug-likeness (QED) is 0.213. The van der Waals surface area contributed by atoms with Crippen LogP contribution in [-0.4, -0.2) is 9.55 Å². The highest BCUT2D eigenvalue weighted by Crippen LogP contribution is 2.46. The lowest BCUT2D eigenvalue weighted by Crippen LogP contribution is -2.12. The molecule has 0 saturated heterocycles. The van der Waals surface area contributed by atoms with Crippen molar-refractivity contribution in [1.82, 2.24) is 9.55 Å². The number of hydrogen-bond acceptors (Lipinski definition) is 2. The summed E-state index contributed by atoms with van der Waals surface area (Å²) >= 11 is 0. The van der Waals surface area contributed by atoms with E-state index in [0.717, 1.165) is 28.2 Å². The molecule has 0 spiro atoms. The first kappa shape index (κ1) is 24.6. The van der Waals surface area contributed by atoms with Crippen LogP contribution >= 0.6 is 0 Å². The molecule has 2 aromatic heterocycles. The summed E-state index contributed by atoms with van der Waals surface area (Å²) in [5.74, 6) is 0. The molecule has 8 aromatic rings. The Morgan fingerprint density at radius 2 is 1.11 bits per heavy atom. The largest absolute Gasteiger partial charge is 0.316 e. The molecule has 0 aliphatic carbocycles. The Labute approximate surface area is 255 Å². The zero-order chi connectivity index (χ0) is 29.0. The number of nitrogens with zero attached hydrogens (tertiary/aromatic N) is 3. The van der Waals surface area contributed by atoms with Gasteiger partial charge in [-0.25, -0.2) is 4.98 Å². The minimum absolute atomic E-state index is 0.953. The number of para-hydroxylation sites is 2. The molecule has 1 aliphatic rings. The second-order valence-electron chi connectivity index (χ2n) is 11.3. The minimum Gasteiger partial charge on any atom is -0.316 e. The van der Waals surface area contributed by atoms with E-state index in [2.05, 4.69) is 161 Å². The Kier molecular flexibility index (Phi) is 5.50. The number of fused-ring (bicyclic) bond motifs is 4. The maximum absolute atomic E-state index is 5.12. The van der Waals surface area contributed by atoms with Gasteiger partial charge in [-0.2, -0.15) is 0 Å². The summed E-state index contributed by atoms with van der Waals surface area (Å²) in [7, 11) is 0. The van der Waals surface area contributed by atoms with Crippen molar-refractivity contribution in [2.24, 2.45) is 0 Å². The molecule has 0 radical (unpaired) electrons. The third-order valence-corrected chi connectivity index (χ3v) is 8.71. The monoisotopic (exact) mass is 561 g/mol. The molecule has 6 aromatic carbocycles. The van der Waals surface area contributed by atoms with Gasteiger partial charge in [-0.05, 0) is 59.5 Å². The van der Waals surface area contributed by atoms with Gasteiger partial charge >= 0.3 is 0 Å². The highest BCUT2D eigenvalue weighted by molar-refractivity contribution is 6.22. The second kappa shape index (κ2) is 9.82. The maximum atomic E-state index is 5.12. The van der Waals surface area contributed by atoms with Crippen LogP contribution < -0.4 is 4.90 Å². The van der Waals surface area contributed by atoms with Gasteiger partial charge in [0.25, 0.3) is 0 Å². The van der Waals surface area contributed by atoms with Crippen molar-refractivity contribution in [3.63, 3.8) is 0 Å². The fourth-order valence-electron chi connectivity index (χ4n) is 6.77. The molecule has 0 atom stereocenters. The normalized spacial score (nSPS) is 12.4. The average molecular weight is 562 g/mol. The van der Waals surface area contributed by atoms with E-state index >= 15 is 0 Å². The second-order valence-corrected chi connectivity index (χ2v) is 11.3. The number of rotatable bonds is 4. The molecule has 0 unspecified atom stereocenters. The first-order chi connectivity index (χ1) is 21.8. The Morgan fingerprint density at radius 3 is 1.82 bits per heavy atom. The van der Waals surface area contributed by atoms with Crippen molar-refractivity contribution in [2.75, 3.05) is 4.90 Å². The first-order valence-electron chi connectivity index (χ1n) is 15.0. The van der Waals surface area contributed by atoms with Crippen LogP contribution in [0.1, 0.15) is 5.56 Å². The van der Waals surface area contributed by atoms with Crippen LogP contribution in [0.2, 0.25) is 0 Å². The van der Waals surface area contributed by atoms with E-state index in [4.69, 9.17) is 4.98 Å². The van der Waals surface area contributed by atoms with Gasteiger partial charge in [-0.3, -0.25) is 0 Å². The molecule has 1 aliphatic heterocycles. The Bertz CT molecular complexity index is 2310. The number of anilines is 2. The van der Waals surface area contributed by atoms with Crippen LogP contribution in [0, 0.1) is 0 Å². The van der Waals surface area contributed by atoms with E-state index in [9.17, 15) is 0 Å². The fraction of sp³-hybridized carbons (Fsp3) is 0. The zero-order valence-corrected chi connectivity index (χ0v) is 23.9. The SMILES string of the molecule is C1=CN(c2cc(-c3ccccc3)nc(-c3ccccc3)c2)c2cccc3cc4c(c1c23)c1ccccc1n4-c1ccccc1. The van der Waals surface area contributed by atoms with Crippen molar-refractivity contribution >= 4 is 50.0 Å². The van der Waals surface area contributed by atoms with Crippen LogP contribution in [0.3, 0.4) is 0 Å². The van der Waals surface area contributed by atoms with Gasteiger partial charge < -0.3 is 9.47 Å². The summed E-state index contributed by atoms with van der Waals surface area (Å²) < 4.78 is 2.40. The minimum atomic E-state index is 0.953. The van der Waals surface area contributed by atoms with E-state index in [1.165, 1.54) is 49.5 Å². The standard InChI is InChI=1S/C41H27N3/c1-4-13-28(14-5-1)35-26-32(27-36(42-35)29-15-6-2-7-16-29)43-24-23-34-40-30(17-12-22-38(40)43)25-39-41(34)33-20-10-11-21-37(33)44(39)31-18-8-3-9-19-31/h1-27H. The van der Waals surface area contributed by atoms with Crippen LogP contribution in [0.15, 0.2) is 158 Å². The predicted octanol–water partition coefficient (Wildman–Crippen LogP) is 10.8. The van der Waals surface area contributed by atoms with Gasteiger partial charge in [0.2, 0.25) is 0 Å². The van der Waals surface area contributed by atoms with Gasteiger partial charge in [0.15, 0.2) is 0 Å². The van der Waals surface area contributed by atoms with E-state index in [1.807, 2.05) is 12.1 Å². The molecule has 206 valence electrons. The topological polar surface area (TPSA) is 21.1 Å². The molecule has 0 fully saturated rings. The molecule has 0 N–H and O–H groups in total. The van der Waals surface area contributed by atoms with Crippen LogP contribution in [0.5, 0.6) is 0 Å². The van der Waals surface area contributed by atoms with Gasteiger partial charge in [0, 0.05) is 44.9 Å². The number of pyridine rings is 1. The smallest absolute Gasteiger partial charge is 0.0730 e. The number of aromatic nitrogens is 2. The third kappa shape index (κ3) is 3.80. The van der Waals surface area contributed by atoms with Crippen LogP contribution in [0.4, 0.5) is 11.4 Å². The van der Waals surface area contributed by atoms with Gasteiger partial charge in [0.1, 0.15) is 0 Å². The van der Waals surface area contributed by atoms with Crippen molar-refractivity contribution in [1.29, 1.82) is 0 Å². The van der Waals surface area contributed by atoms with Crippen molar-refractivity contribution in [3.8, 4) is 28.2 Å². The molecule has 3 heteroatoms. The van der Waals surface area contributed by atoms with Gasteiger partial charge in [-0.15, -0.1) is 0 Å². The molecular weight excluding hydrogens is 534 g/mol. The van der Waals surface area contributed by atoms with E-state index < -0.39 is 0 Å². The summed E-state index contributed by atoms with van der Waals surface area (Å²) in [6.45, 7) is 0. The molecule has 9 rings (SSSR count). The van der Waals surface area contributed by atoms with E-state index in [1.54, 1.807) is 0 Å². The lowest BCUT2D eigenvalue weighted by Gasteiger charge is -2.28. The van der Waals surface area contributed by atoms with Gasteiger partial charge in [0.05, 0.1) is 28.1 Å². The molecule has 3 nitrogen and oxygen atoms in total. The highest BCUT2D eigenvalue weighted by Gasteiger charge is 2.23. The van der Waals surface area contributed by atoms with E-state index in [0.29, 0.717) is 0 Å². The van der Waals surface area contributed by atoms with Crippen LogP contribution in [-0.2, 0) is 0 Å². The van der Waals surface area contributed by atoms with Crippen LogP contribution in [0.25, 0.3) is 66.9 Å². The summed E-state index contributed by atoms with van der Waals surface area (Å²) in [6.07, 6.45) is 4.52. The summed E-state index contributed by atoms with van der Waals surface area (Å²) in [6, 6.07) is 53.7. The molecule has 0 bridgehead atoms. The van der Waals surface area contributed by atoms with Gasteiger partial charge in [-0.1, -0.05) is 109 Å². The Balaban J connectivity index is 1.30. The Morgan fingerprint density at radius 1 is 0.477 bits per heavy atom. The number of benzene rings is 6. The number of hydrogen-bond donors (Lipinski definition) is 0. The third-order valence-electron chi connectivity index (χ3n) is 8.71. The summed E-state index contributed by atoms with van der Waals surface area (Å²) in [5, 5.41) is 5.03. The highest BCUT2D eigenvalue weighted by atomic mass is 15.1. The molecule has 3 heterocycles. The molecule has 44 heavy (non-hydrogen) atoms. The lowest BCUT2D eigenvalue weighted by molar-refractivity contribution is 1.18. The van der Waals surface area contributed by atoms with E-state index in [-0.39, 0.29) is 0 Å². The van der Waals surface area contributed by atoms with Crippen molar-refractivity contribution in [3.05, 3.63) is 163 Å². The molecule has 0 amide bonds.